The van der Waals surface area contributed by atoms with Crippen LogP contribution in [-0.4, -0.2) is 37.0 Å². The zero-order valence-corrected chi connectivity index (χ0v) is 16.2. The van der Waals surface area contributed by atoms with Gasteiger partial charge in [-0.3, -0.25) is 4.79 Å². The van der Waals surface area contributed by atoms with Crippen molar-refractivity contribution in [1.29, 1.82) is 0 Å². The number of carbonyl (C=O) groups excluding carboxylic acids is 1. The van der Waals surface area contributed by atoms with Gasteiger partial charge in [0, 0.05) is 12.2 Å². The molecule has 0 spiro atoms. The van der Waals surface area contributed by atoms with Gasteiger partial charge < -0.3 is 11.1 Å². The van der Waals surface area contributed by atoms with Gasteiger partial charge in [0.25, 0.3) is 0 Å². The Morgan fingerprint density at radius 2 is 2.12 bits per heavy atom. The zero-order chi connectivity index (χ0) is 18.7. The summed E-state index contributed by atoms with van der Waals surface area (Å²) in [6.07, 6.45) is 5.62. The Morgan fingerprint density at radius 3 is 2.88 bits per heavy atom. The lowest BCUT2D eigenvalue weighted by atomic mass is 9.87. The van der Waals surface area contributed by atoms with Crippen LogP contribution >= 0.6 is 0 Å². The van der Waals surface area contributed by atoms with Gasteiger partial charge in [0.15, 0.2) is 0 Å². The molecule has 1 saturated heterocycles. The molecule has 144 valence electrons. The minimum absolute atomic E-state index is 0.0624. The van der Waals surface area contributed by atoms with Crippen LogP contribution in [0.4, 0.5) is 5.69 Å². The molecule has 1 aliphatic carbocycles. The van der Waals surface area contributed by atoms with E-state index in [0.29, 0.717) is 19.4 Å². The highest BCUT2D eigenvalue weighted by molar-refractivity contribution is 7.89. The van der Waals surface area contributed by atoms with Gasteiger partial charge in [-0.1, -0.05) is 19.4 Å². The number of carbonyl (C=O) groups is 1. The molecule has 1 fully saturated rings. The van der Waals surface area contributed by atoms with Crippen LogP contribution in [0.25, 0.3) is 0 Å². The number of amides is 1. The molecule has 0 radical (unpaired) electrons. The van der Waals surface area contributed by atoms with Crippen molar-refractivity contribution in [1.82, 2.24) is 9.62 Å². The van der Waals surface area contributed by atoms with E-state index in [9.17, 15) is 13.2 Å². The van der Waals surface area contributed by atoms with Crippen molar-refractivity contribution in [3.05, 3.63) is 29.3 Å². The Kier molecular flexibility index (Phi) is 5.87. The molecule has 2 aliphatic rings. The number of unbranched alkanes of at least 4 members (excludes halogenated alkanes) is 1. The minimum atomic E-state index is -3.37. The molecule has 1 amide bonds. The van der Waals surface area contributed by atoms with Gasteiger partial charge in [-0.2, -0.15) is 4.31 Å². The highest BCUT2D eigenvalue weighted by Gasteiger charge is 2.39. The van der Waals surface area contributed by atoms with Gasteiger partial charge >= 0.3 is 0 Å². The quantitative estimate of drug-likeness (QED) is 0.742. The first kappa shape index (κ1) is 19.2. The van der Waals surface area contributed by atoms with Gasteiger partial charge in [-0.05, 0) is 61.8 Å². The van der Waals surface area contributed by atoms with Crippen molar-refractivity contribution in [3.63, 3.8) is 0 Å². The van der Waals surface area contributed by atoms with E-state index in [1.807, 2.05) is 25.1 Å². The molecule has 7 heteroatoms. The predicted molar refractivity (Wildman–Crippen MR) is 103 cm³/mol. The van der Waals surface area contributed by atoms with Crippen molar-refractivity contribution in [2.45, 2.75) is 64.0 Å². The number of benzene rings is 1. The van der Waals surface area contributed by atoms with E-state index in [4.69, 9.17) is 5.73 Å². The second kappa shape index (κ2) is 7.96. The first-order chi connectivity index (χ1) is 12.4. The van der Waals surface area contributed by atoms with Crippen LogP contribution in [-0.2, 0) is 21.2 Å². The average molecular weight is 380 g/mol. The maximum absolute atomic E-state index is 12.9. The maximum atomic E-state index is 12.9. The minimum Gasteiger partial charge on any atom is -0.399 e. The molecule has 3 rings (SSSR count). The standard InChI is InChI=1S/C19H29N3O3S/c1-2-3-12-26(24,25)22-11-5-8-18(22)19(23)21-17-7-4-6-14-13-15(20)9-10-16(14)17/h9-10,13,17-18H,2-8,11-12,20H2,1H3,(H,21,23). The summed E-state index contributed by atoms with van der Waals surface area (Å²) in [5.74, 6) is -0.0454. The van der Waals surface area contributed by atoms with E-state index in [-0.39, 0.29) is 17.7 Å². The topological polar surface area (TPSA) is 92.5 Å². The number of fused-ring (bicyclic) bond motifs is 1. The fourth-order valence-corrected chi connectivity index (χ4v) is 5.92. The Bertz CT molecular complexity index is 763. The van der Waals surface area contributed by atoms with Gasteiger partial charge in [-0.15, -0.1) is 0 Å². The zero-order valence-electron chi connectivity index (χ0n) is 15.4. The molecule has 1 aromatic rings. The third-order valence-corrected chi connectivity index (χ3v) is 7.37. The summed E-state index contributed by atoms with van der Waals surface area (Å²) in [5, 5.41) is 3.11. The van der Waals surface area contributed by atoms with Gasteiger partial charge in [-0.25, -0.2) is 8.42 Å². The first-order valence-corrected chi connectivity index (χ1v) is 11.2. The predicted octanol–water partition coefficient (Wildman–Crippen LogP) is 2.36. The Balaban J connectivity index is 1.72. The second-order valence-corrected chi connectivity index (χ2v) is 9.39. The Morgan fingerprint density at radius 1 is 1.31 bits per heavy atom. The molecular weight excluding hydrogens is 350 g/mol. The third kappa shape index (κ3) is 4.04. The second-order valence-electron chi connectivity index (χ2n) is 7.35. The Hall–Kier alpha value is -1.60. The molecular formula is C19H29N3O3S. The van der Waals surface area contributed by atoms with Crippen molar-refractivity contribution >= 4 is 21.6 Å². The molecule has 1 aromatic carbocycles. The summed E-state index contributed by atoms with van der Waals surface area (Å²) in [6, 6.07) is 5.19. The maximum Gasteiger partial charge on any atom is 0.238 e. The van der Waals surface area contributed by atoms with E-state index in [0.717, 1.165) is 43.4 Å². The molecule has 3 N–H and O–H groups in total. The van der Waals surface area contributed by atoms with Crippen molar-refractivity contribution in [2.75, 3.05) is 18.0 Å². The third-order valence-electron chi connectivity index (χ3n) is 5.42. The van der Waals surface area contributed by atoms with E-state index >= 15 is 0 Å². The SMILES string of the molecule is CCCCS(=O)(=O)N1CCCC1C(=O)NC1CCCc2cc(N)ccc21. The monoisotopic (exact) mass is 379 g/mol. The summed E-state index contributed by atoms with van der Waals surface area (Å²) in [4.78, 5) is 12.9. The molecule has 6 nitrogen and oxygen atoms in total. The summed E-state index contributed by atoms with van der Waals surface area (Å²) in [6.45, 7) is 2.42. The van der Waals surface area contributed by atoms with E-state index in [1.165, 1.54) is 9.87 Å². The number of nitrogens with zero attached hydrogens (tertiary/aromatic N) is 1. The van der Waals surface area contributed by atoms with E-state index in [2.05, 4.69) is 5.32 Å². The smallest absolute Gasteiger partial charge is 0.238 e. The lowest BCUT2D eigenvalue weighted by Crippen LogP contribution is -2.47. The Labute approximate surface area is 156 Å². The lowest BCUT2D eigenvalue weighted by Gasteiger charge is -2.29. The fourth-order valence-electron chi connectivity index (χ4n) is 4.03. The number of nitrogen functional groups attached to an aromatic ring is 1. The lowest BCUT2D eigenvalue weighted by molar-refractivity contribution is -0.125. The fraction of sp³-hybridized carbons (Fsp3) is 0.632. The largest absolute Gasteiger partial charge is 0.399 e. The van der Waals surface area contributed by atoms with Crippen LogP contribution in [0, 0.1) is 0 Å². The number of rotatable bonds is 6. The number of hydrogen-bond acceptors (Lipinski definition) is 4. The van der Waals surface area contributed by atoms with E-state index in [1.54, 1.807) is 0 Å². The number of sulfonamides is 1. The molecule has 1 aliphatic heterocycles. The number of anilines is 1. The summed E-state index contributed by atoms with van der Waals surface area (Å²) in [5.41, 5.74) is 8.90. The molecule has 26 heavy (non-hydrogen) atoms. The summed E-state index contributed by atoms with van der Waals surface area (Å²) in [7, 11) is -3.37. The van der Waals surface area contributed by atoms with Gasteiger partial charge in [0.05, 0.1) is 11.8 Å². The van der Waals surface area contributed by atoms with Crippen LogP contribution in [0.1, 0.15) is 62.6 Å². The van der Waals surface area contributed by atoms with Crippen LogP contribution in [0.15, 0.2) is 18.2 Å². The number of nitrogens with one attached hydrogen (secondary N) is 1. The molecule has 0 aromatic heterocycles. The van der Waals surface area contributed by atoms with Crippen molar-refractivity contribution < 1.29 is 13.2 Å². The van der Waals surface area contributed by atoms with E-state index < -0.39 is 16.1 Å². The molecule has 2 unspecified atom stereocenters. The van der Waals surface area contributed by atoms with Crippen LogP contribution in [0.3, 0.4) is 0 Å². The molecule has 1 heterocycles. The number of nitrogens with two attached hydrogens (primary N) is 1. The van der Waals surface area contributed by atoms with Crippen molar-refractivity contribution in [3.8, 4) is 0 Å². The summed E-state index contributed by atoms with van der Waals surface area (Å²) >= 11 is 0. The van der Waals surface area contributed by atoms with Gasteiger partial charge in [0.2, 0.25) is 15.9 Å². The highest BCUT2D eigenvalue weighted by Crippen LogP contribution is 2.32. The number of aryl methyl sites for hydroxylation is 1. The normalized spacial score (nSPS) is 23.6. The van der Waals surface area contributed by atoms with Crippen LogP contribution in [0.2, 0.25) is 0 Å². The first-order valence-electron chi connectivity index (χ1n) is 9.60. The number of hydrogen-bond donors (Lipinski definition) is 2. The van der Waals surface area contributed by atoms with Crippen LogP contribution in [0.5, 0.6) is 0 Å². The van der Waals surface area contributed by atoms with Crippen LogP contribution < -0.4 is 11.1 Å². The van der Waals surface area contributed by atoms with Crippen molar-refractivity contribution in [2.24, 2.45) is 0 Å². The molecule has 0 bridgehead atoms. The summed E-state index contributed by atoms with van der Waals surface area (Å²) < 4.78 is 26.6. The highest BCUT2D eigenvalue weighted by atomic mass is 32.2. The molecule has 2 atom stereocenters. The average Bonchev–Trinajstić information content (AvgIpc) is 3.11. The molecule has 0 saturated carbocycles. The van der Waals surface area contributed by atoms with Gasteiger partial charge in [0.1, 0.15) is 6.04 Å².